The van der Waals surface area contributed by atoms with Crippen LogP contribution in [0, 0.1) is 18.8 Å². The molecule has 0 radical (unpaired) electrons. The summed E-state index contributed by atoms with van der Waals surface area (Å²) in [5.74, 6) is -0.838. The van der Waals surface area contributed by atoms with Gasteiger partial charge in [-0.2, -0.15) is 0 Å². The van der Waals surface area contributed by atoms with Gasteiger partial charge in [-0.05, 0) is 25.8 Å². The molecule has 4 aliphatic rings. The second kappa shape index (κ2) is 7.18. The maximum Gasteiger partial charge on any atom is 0.230 e. The molecule has 4 heterocycles. The van der Waals surface area contributed by atoms with Crippen LogP contribution in [0.15, 0.2) is 36.4 Å². The number of hydrogen-bond donors (Lipinski definition) is 2. The number of fused-ring (bicyclic) bond motifs is 1. The Kier molecular flexibility index (Phi) is 4.72. The number of aryl methyl sites for hydroxylation is 1. The summed E-state index contributed by atoms with van der Waals surface area (Å²) in [6.45, 7) is 5.84. The summed E-state index contributed by atoms with van der Waals surface area (Å²) in [6.07, 6.45) is 4.67. The quantitative estimate of drug-likeness (QED) is 0.709. The number of likely N-dealkylation sites (tertiary alicyclic amines) is 1. The Morgan fingerprint density at radius 1 is 1.37 bits per heavy atom. The summed E-state index contributed by atoms with van der Waals surface area (Å²) in [4.78, 5) is 30.4. The van der Waals surface area contributed by atoms with Gasteiger partial charge in [-0.1, -0.05) is 42.0 Å². The second-order valence-corrected chi connectivity index (χ2v) is 9.42. The van der Waals surface area contributed by atoms with Crippen molar-refractivity contribution in [2.24, 2.45) is 11.8 Å². The predicted octanol–water partition coefficient (Wildman–Crippen LogP) is 0.990. The Labute approximate surface area is 177 Å². The Hall–Kier alpha value is -2.22. The van der Waals surface area contributed by atoms with Crippen LogP contribution in [-0.4, -0.2) is 65.5 Å². The minimum absolute atomic E-state index is 0.00309. The number of nitrogens with one attached hydrogen (secondary N) is 2. The molecule has 0 saturated carbocycles. The third kappa shape index (κ3) is 3.16. The van der Waals surface area contributed by atoms with E-state index in [4.69, 9.17) is 4.74 Å². The molecule has 5 rings (SSSR count). The van der Waals surface area contributed by atoms with Gasteiger partial charge in [0.1, 0.15) is 5.60 Å². The molecule has 2 bridgehead atoms. The van der Waals surface area contributed by atoms with Crippen LogP contribution in [0.25, 0.3) is 0 Å². The van der Waals surface area contributed by atoms with E-state index in [1.165, 1.54) is 5.56 Å². The molecule has 1 aromatic carbocycles. The number of amides is 2. The first-order valence-electron chi connectivity index (χ1n) is 10.8. The standard InChI is InChI=1S/C23H30N4O3/c1-14-5-4-6-16(9-14)11-27-13-23-8-7-18(30-23)19(20(23)22(27)29)21(28)26(3)12-17-10-15(2)24-25-17/h4-9,15,17-20,24-25H,10-13H2,1-3H3/t15?,17?,18-,19?,20?,23-/m1/s1. The zero-order chi connectivity index (χ0) is 21.0. The highest BCUT2D eigenvalue weighted by molar-refractivity contribution is 5.93. The van der Waals surface area contributed by atoms with Crippen molar-refractivity contribution in [1.29, 1.82) is 0 Å². The molecule has 1 spiro atoms. The smallest absolute Gasteiger partial charge is 0.230 e. The van der Waals surface area contributed by atoms with Gasteiger partial charge in [0.2, 0.25) is 11.8 Å². The van der Waals surface area contributed by atoms with Gasteiger partial charge in [-0.15, -0.1) is 0 Å². The summed E-state index contributed by atoms with van der Waals surface area (Å²) in [7, 11) is 1.83. The lowest BCUT2D eigenvalue weighted by Crippen LogP contribution is -2.48. The van der Waals surface area contributed by atoms with Crippen molar-refractivity contribution in [3.05, 3.63) is 47.5 Å². The lowest BCUT2D eigenvalue weighted by Gasteiger charge is -2.29. The van der Waals surface area contributed by atoms with Gasteiger partial charge >= 0.3 is 0 Å². The number of benzene rings is 1. The van der Waals surface area contributed by atoms with E-state index in [1.807, 2.05) is 36.2 Å². The lowest BCUT2D eigenvalue weighted by atomic mass is 9.76. The van der Waals surface area contributed by atoms with Crippen LogP contribution in [0.3, 0.4) is 0 Å². The zero-order valence-electron chi connectivity index (χ0n) is 17.8. The monoisotopic (exact) mass is 410 g/mol. The van der Waals surface area contributed by atoms with E-state index in [2.05, 4.69) is 36.8 Å². The van der Waals surface area contributed by atoms with Crippen LogP contribution < -0.4 is 10.9 Å². The maximum absolute atomic E-state index is 13.4. The number of carbonyl (C=O) groups is 2. The first-order chi connectivity index (χ1) is 14.4. The topological polar surface area (TPSA) is 73.9 Å². The van der Waals surface area contributed by atoms with E-state index in [-0.39, 0.29) is 24.0 Å². The van der Waals surface area contributed by atoms with Crippen molar-refractivity contribution in [2.75, 3.05) is 20.1 Å². The maximum atomic E-state index is 13.4. The summed E-state index contributed by atoms with van der Waals surface area (Å²) < 4.78 is 6.27. The molecule has 7 nitrogen and oxygen atoms in total. The van der Waals surface area contributed by atoms with E-state index in [1.54, 1.807) is 4.90 Å². The van der Waals surface area contributed by atoms with E-state index >= 15 is 0 Å². The molecule has 1 aromatic rings. The Morgan fingerprint density at radius 3 is 2.93 bits per heavy atom. The summed E-state index contributed by atoms with van der Waals surface area (Å²) >= 11 is 0. The van der Waals surface area contributed by atoms with Gasteiger partial charge in [-0.25, -0.2) is 0 Å². The van der Waals surface area contributed by atoms with Crippen LogP contribution in [0.4, 0.5) is 0 Å². The van der Waals surface area contributed by atoms with Crippen LogP contribution in [0.5, 0.6) is 0 Å². The summed E-state index contributed by atoms with van der Waals surface area (Å²) in [5.41, 5.74) is 8.07. The fourth-order valence-electron chi connectivity index (χ4n) is 5.62. The highest BCUT2D eigenvalue weighted by atomic mass is 16.5. The summed E-state index contributed by atoms with van der Waals surface area (Å²) in [5, 5.41) is 0. The van der Waals surface area contributed by atoms with Crippen molar-refractivity contribution < 1.29 is 14.3 Å². The lowest BCUT2D eigenvalue weighted by molar-refractivity contribution is -0.142. The predicted molar refractivity (Wildman–Crippen MR) is 112 cm³/mol. The molecule has 3 saturated heterocycles. The van der Waals surface area contributed by atoms with Crippen molar-refractivity contribution >= 4 is 11.8 Å². The molecule has 7 heteroatoms. The molecule has 30 heavy (non-hydrogen) atoms. The third-order valence-electron chi connectivity index (χ3n) is 6.96. The molecular weight excluding hydrogens is 380 g/mol. The Morgan fingerprint density at radius 2 is 2.20 bits per heavy atom. The highest BCUT2D eigenvalue weighted by Crippen LogP contribution is 2.52. The second-order valence-electron chi connectivity index (χ2n) is 9.42. The molecule has 0 aromatic heterocycles. The third-order valence-corrected chi connectivity index (χ3v) is 6.96. The first kappa shape index (κ1) is 19.7. The van der Waals surface area contributed by atoms with Crippen LogP contribution in [-0.2, 0) is 20.9 Å². The fourth-order valence-corrected chi connectivity index (χ4v) is 5.62. The Bertz CT molecular complexity index is 902. The van der Waals surface area contributed by atoms with E-state index in [0.717, 1.165) is 12.0 Å². The number of rotatable bonds is 5. The number of hydrogen-bond acceptors (Lipinski definition) is 5. The van der Waals surface area contributed by atoms with Crippen molar-refractivity contribution in [3.63, 3.8) is 0 Å². The molecule has 2 amide bonds. The minimum atomic E-state index is -0.658. The molecule has 4 aliphatic heterocycles. The molecule has 2 N–H and O–H groups in total. The number of nitrogens with zero attached hydrogens (tertiary/aromatic N) is 2. The van der Waals surface area contributed by atoms with Crippen molar-refractivity contribution in [2.45, 2.75) is 50.6 Å². The Balaban J connectivity index is 1.32. The molecular formula is C23H30N4O3. The van der Waals surface area contributed by atoms with Gasteiger partial charge in [0, 0.05) is 32.2 Å². The van der Waals surface area contributed by atoms with Gasteiger partial charge < -0.3 is 14.5 Å². The van der Waals surface area contributed by atoms with E-state index in [9.17, 15) is 9.59 Å². The number of likely N-dealkylation sites (N-methyl/N-ethyl adjacent to an activating group) is 1. The minimum Gasteiger partial charge on any atom is -0.360 e. The van der Waals surface area contributed by atoms with Gasteiger partial charge in [0.05, 0.1) is 24.5 Å². The van der Waals surface area contributed by atoms with Crippen LogP contribution in [0.1, 0.15) is 24.5 Å². The highest BCUT2D eigenvalue weighted by Gasteiger charge is 2.67. The first-order valence-corrected chi connectivity index (χ1v) is 10.8. The van der Waals surface area contributed by atoms with Gasteiger partial charge in [-0.3, -0.25) is 20.4 Å². The number of carbonyl (C=O) groups excluding carboxylic acids is 2. The number of hydrazine groups is 1. The van der Waals surface area contributed by atoms with E-state index in [0.29, 0.717) is 25.7 Å². The van der Waals surface area contributed by atoms with E-state index < -0.39 is 17.4 Å². The van der Waals surface area contributed by atoms with Gasteiger partial charge in [0.15, 0.2) is 0 Å². The SMILES string of the molecule is Cc1cccc(CN2C[C@@]34C=C[C@@H](O3)C(C(=O)N(C)CC3CC(C)NN3)C4C2=O)c1. The zero-order valence-corrected chi connectivity index (χ0v) is 17.8. The summed E-state index contributed by atoms with van der Waals surface area (Å²) in [6, 6.07) is 8.82. The molecule has 3 fully saturated rings. The average Bonchev–Trinajstić information content (AvgIpc) is 3.44. The largest absolute Gasteiger partial charge is 0.360 e. The molecule has 4 unspecified atom stereocenters. The van der Waals surface area contributed by atoms with Crippen molar-refractivity contribution in [1.82, 2.24) is 20.7 Å². The van der Waals surface area contributed by atoms with Crippen molar-refractivity contribution in [3.8, 4) is 0 Å². The van der Waals surface area contributed by atoms with Crippen LogP contribution in [0.2, 0.25) is 0 Å². The van der Waals surface area contributed by atoms with Gasteiger partial charge in [0.25, 0.3) is 0 Å². The average molecular weight is 411 g/mol. The molecule has 6 atom stereocenters. The normalized spacial score (nSPS) is 36.6. The van der Waals surface area contributed by atoms with Crippen LogP contribution >= 0.6 is 0 Å². The fraction of sp³-hybridized carbons (Fsp3) is 0.565. The molecule has 160 valence electrons. The molecule has 0 aliphatic carbocycles. The number of ether oxygens (including phenoxy) is 1.